The van der Waals surface area contributed by atoms with E-state index < -0.39 is 29.5 Å². The first-order chi connectivity index (χ1) is 21.9. The molecule has 0 aliphatic carbocycles. The van der Waals surface area contributed by atoms with E-state index >= 15 is 0 Å². The molecule has 5 amide bonds. The van der Waals surface area contributed by atoms with E-state index in [0.717, 1.165) is 20.6 Å². The fourth-order valence-electron chi connectivity index (χ4n) is 6.19. The van der Waals surface area contributed by atoms with Gasteiger partial charge in [0.05, 0.1) is 11.4 Å². The molecule has 214 valence electrons. The summed E-state index contributed by atoms with van der Waals surface area (Å²) in [6.45, 7) is 0. The molecular weight excluding hydrogens is 566 g/mol. The topological polar surface area (TPSA) is 104 Å². The Kier molecular flexibility index (Phi) is 5.72. The van der Waals surface area contributed by atoms with Crippen LogP contribution in [-0.2, 0) is 0 Å². The average molecular weight is 588 g/mol. The van der Waals surface area contributed by atoms with Crippen LogP contribution in [0.2, 0.25) is 0 Å². The number of carbonyl (C=O) groups excluding carboxylic acids is 5. The second-order valence-corrected chi connectivity index (χ2v) is 10.9. The first kappa shape index (κ1) is 26.2. The second-order valence-electron chi connectivity index (χ2n) is 10.9. The summed E-state index contributed by atoms with van der Waals surface area (Å²) in [6.07, 6.45) is 0. The van der Waals surface area contributed by atoms with E-state index in [4.69, 9.17) is 0 Å². The Bertz CT molecular complexity index is 2190. The Morgan fingerprint density at radius 2 is 0.800 bits per heavy atom. The highest BCUT2D eigenvalue weighted by molar-refractivity contribution is 6.36. The lowest BCUT2D eigenvalue weighted by Crippen LogP contribution is -2.40. The predicted molar refractivity (Wildman–Crippen MR) is 171 cm³/mol. The molecule has 8 heteroatoms. The lowest BCUT2D eigenvalue weighted by atomic mass is 9.93. The van der Waals surface area contributed by atoms with Crippen molar-refractivity contribution in [3.63, 3.8) is 0 Å². The molecule has 45 heavy (non-hydrogen) atoms. The van der Waals surface area contributed by atoms with Gasteiger partial charge in [0.1, 0.15) is 0 Å². The highest BCUT2D eigenvalue weighted by Crippen LogP contribution is 2.34. The number of anilines is 3. The van der Waals surface area contributed by atoms with Gasteiger partial charge in [0, 0.05) is 44.3 Å². The van der Waals surface area contributed by atoms with Gasteiger partial charge in [-0.2, -0.15) is 0 Å². The zero-order valence-electron chi connectivity index (χ0n) is 23.5. The SMILES string of the molecule is O=C(Nc1ccc(N2C(=O)c3cccc4cccc(c34)C2=O)cc1)c1ccc(N2C(=O)c3cccc4cccc(c34)C2=O)cc1. The van der Waals surface area contributed by atoms with Crippen LogP contribution >= 0.6 is 0 Å². The van der Waals surface area contributed by atoms with Crippen molar-refractivity contribution in [3.8, 4) is 0 Å². The van der Waals surface area contributed by atoms with Crippen molar-refractivity contribution in [2.75, 3.05) is 15.1 Å². The number of imide groups is 2. The molecule has 0 saturated heterocycles. The lowest BCUT2D eigenvalue weighted by Gasteiger charge is -2.27. The molecule has 2 heterocycles. The molecule has 6 aromatic rings. The van der Waals surface area contributed by atoms with Gasteiger partial charge in [0.15, 0.2) is 0 Å². The fourth-order valence-corrected chi connectivity index (χ4v) is 6.19. The predicted octanol–water partition coefficient (Wildman–Crippen LogP) is 6.85. The Labute approximate surface area is 256 Å². The normalized spacial score (nSPS) is 14.0. The molecule has 2 aliphatic rings. The zero-order chi connectivity index (χ0) is 30.8. The minimum absolute atomic E-state index is 0.313. The number of rotatable bonds is 4. The smallest absolute Gasteiger partial charge is 0.265 e. The molecule has 8 nitrogen and oxygen atoms in total. The summed E-state index contributed by atoms with van der Waals surface area (Å²) >= 11 is 0. The molecule has 0 fully saturated rings. The summed E-state index contributed by atoms with van der Waals surface area (Å²) in [5.41, 5.74) is 3.31. The van der Waals surface area contributed by atoms with E-state index in [9.17, 15) is 24.0 Å². The van der Waals surface area contributed by atoms with E-state index in [0.29, 0.717) is 55.7 Å². The third-order valence-electron chi connectivity index (χ3n) is 8.31. The van der Waals surface area contributed by atoms with Gasteiger partial charge in [-0.1, -0.05) is 48.5 Å². The minimum Gasteiger partial charge on any atom is -0.322 e. The number of amides is 5. The van der Waals surface area contributed by atoms with Gasteiger partial charge in [0.2, 0.25) is 0 Å². The molecular formula is C37H21N3O5. The van der Waals surface area contributed by atoms with Gasteiger partial charge in [-0.05, 0) is 83.6 Å². The summed E-state index contributed by atoms with van der Waals surface area (Å²) in [4.78, 5) is 68.7. The number of nitrogens with zero attached hydrogens (tertiary/aromatic N) is 2. The van der Waals surface area contributed by atoms with Gasteiger partial charge < -0.3 is 5.32 Å². The molecule has 8 rings (SSSR count). The maximum absolute atomic E-state index is 13.3. The highest BCUT2D eigenvalue weighted by Gasteiger charge is 2.35. The molecule has 0 saturated carbocycles. The number of hydrogen-bond donors (Lipinski definition) is 1. The van der Waals surface area contributed by atoms with Crippen LogP contribution in [0.1, 0.15) is 51.8 Å². The van der Waals surface area contributed by atoms with Crippen molar-refractivity contribution in [2.45, 2.75) is 0 Å². The summed E-state index contributed by atoms with van der Waals surface area (Å²) < 4.78 is 0. The van der Waals surface area contributed by atoms with Crippen LogP contribution in [0.15, 0.2) is 121 Å². The van der Waals surface area contributed by atoms with Gasteiger partial charge >= 0.3 is 0 Å². The van der Waals surface area contributed by atoms with Crippen LogP contribution in [0.25, 0.3) is 21.5 Å². The minimum atomic E-state index is -0.424. The van der Waals surface area contributed by atoms with Crippen molar-refractivity contribution in [1.82, 2.24) is 0 Å². The van der Waals surface area contributed by atoms with E-state index in [1.54, 1.807) is 97.1 Å². The molecule has 0 aromatic heterocycles. The molecule has 0 bridgehead atoms. The van der Waals surface area contributed by atoms with Crippen LogP contribution in [0, 0.1) is 0 Å². The Morgan fingerprint density at radius 3 is 1.18 bits per heavy atom. The first-order valence-electron chi connectivity index (χ1n) is 14.2. The molecule has 2 aliphatic heterocycles. The first-order valence-corrected chi connectivity index (χ1v) is 14.2. The van der Waals surface area contributed by atoms with Gasteiger partial charge in [-0.25, -0.2) is 9.80 Å². The molecule has 0 radical (unpaired) electrons. The van der Waals surface area contributed by atoms with Gasteiger partial charge in [-0.3, -0.25) is 24.0 Å². The van der Waals surface area contributed by atoms with Crippen LogP contribution in [0.5, 0.6) is 0 Å². The lowest BCUT2D eigenvalue weighted by molar-refractivity contribution is 0.0877. The second kappa shape index (κ2) is 9.82. The summed E-state index contributed by atoms with van der Waals surface area (Å²) in [7, 11) is 0. The van der Waals surface area contributed by atoms with Gasteiger partial charge in [-0.15, -0.1) is 0 Å². The maximum Gasteiger partial charge on any atom is 0.265 e. The third-order valence-corrected chi connectivity index (χ3v) is 8.31. The quantitative estimate of drug-likeness (QED) is 0.227. The van der Waals surface area contributed by atoms with Crippen molar-refractivity contribution in [1.29, 1.82) is 0 Å². The molecule has 6 aromatic carbocycles. The Balaban J connectivity index is 1.01. The van der Waals surface area contributed by atoms with E-state index in [1.807, 2.05) is 24.3 Å². The van der Waals surface area contributed by atoms with Crippen LogP contribution < -0.4 is 15.1 Å². The number of hydrogen-bond acceptors (Lipinski definition) is 5. The monoisotopic (exact) mass is 587 g/mol. The fraction of sp³-hybridized carbons (Fsp3) is 0. The summed E-state index contributed by atoms with van der Waals surface area (Å²) in [5, 5.41) is 5.75. The Morgan fingerprint density at radius 1 is 0.444 bits per heavy atom. The van der Waals surface area contributed by atoms with E-state index in [-0.39, 0.29) is 0 Å². The van der Waals surface area contributed by atoms with Gasteiger partial charge in [0.25, 0.3) is 29.5 Å². The van der Waals surface area contributed by atoms with Crippen molar-refractivity contribution in [3.05, 3.63) is 149 Å². The number of benzene rings is 6. The highest BCUT2D eigenvalue weighted by atomic mass is 16.2. The summed E-state index contributed by atoms with van der Waals surface area (Å²) in [5.74, 6) is -2.08. The van der Waals surface area contributed by atoms with Crippen molar-refractivity contribution < 1.29 is 24.0 Å². The number of nitrogens with one attached hydrogen (secondary N) is 1. The largest absolute Gasteiger partial charge is 0.322 e. The van der Waals surface area contributed by atoms with E-state index in [2.05, 4.69) is 5.32 Å². The van der Waals surface area contributed by atoms with Crippen LogP contribution in [0.4, 0.5) is 17.1 Å². The van der Waals surface area contributed by atoms with E-state index in [1.165, 1.54) is 0 Å². The maximum atomic E-state index is 13.3. The van der Waals surface area contributed by atoms with Crippen molar-refractivity contribution >= 4 is 68.1 Å². The number of carbonyl (C=O) groups is 5. The van der Waals surface area contributed by atoms with Crippen LogP contribution in [-0.4, -0.2) is 29.5 Å². The molecule has 0 atom stereocenters. The molecule has 1 N–H and O–H groups in total. The van der Waals surface area contributed by atoms with Crippen molar-refractivity contribution in [2.24, 2.45) is 0 Å². The molecule has 0 unspecified atom stereocenters. The third kappa shape index (κ3) is 3.96. The zero-order valence-corrected chi connectivity index (χ0v) is 23.5. The average Bonchev–Trinajstić information content (AvgIpc) is 3.07. The Hall–Kier alpha value is -6.41. The standard InChI is InChI=1S/C37H21N3O5/c41-33(23-13-17-25(18-14-23)39-34(42)27-9-1-5-21-6-2-10-28(31(21)27)35(39)43)38-24-15-19-26(20-16-24)40-36(44)29-11-3-7-22-8-4-12-30(32(22)29)37(40)45/h1-20H,(H,38,41). The van der Waals surface area contributed by atoms with Crippen LogP contribution in [0.3, 0.4) is 0 Å². The molecule has 0 spiro atoms. The summed E-state index contributed by atoms with van der Waals surface area (Å²) in [6, 6.07) is 34.1.